The number of aromatic nitrogens is 1. The average Bonchev–Trinajstić information content (AvgIpc) is 2.77. The predicted molar refractivity (Wildman–Crippen MR) is 62.9 cm³/mol. The second kappa shape index (κ2) is 4.60. The van der Waals surface area contributed by atoms with Crippen molar-refractivity contribution in [2.24, 2.45) is 0 Å². The van der Waals surface area contributed by atoms with Crippen molar-refractivity contribution in [3.8, 4) is 11.3 Å². The molecule has 0 aliphatic carbocycles. The fourth-order valence-corrected chi connectivity index (χ4v) is 1.60. The van der Waals surface area contributed by atoms with Crippen LogP contribution in [0.2, 0.25) is 0 Å². The van der Waals surface area contributed by atoms with Crippen LogP contribution >= 0.6 is 0 Å². The molecular formula is C13H12FNO3. The third-order valence-corrected chi connectivity index (χ3v) is 2.60. The van der Waals surface area contributed by atoms with Crippen LogP contribution < -0.4 is 0 Å². The molecule has 0 unspecified atom stereocenters. The number of hydrogen-bond donors (Lipinski definition) is 1. The Morgan fingerprint density at radius 1 is 1.33 bits per heavy atom. The van der Waals surface area contributed by atoms with Crippen LogP contribution in [0.3, 0.4) is 0 Å². The summed E-state index contributed by atoms with van der Waals surface area (Å²) < 4.78 is 18.4. The molecule has 0 atom stereocenters. The number of rotatable bonds is 3. The van der Waals surface area contributed by atoms with Crippen molar-refractivity contribution in [1.82, 2.24) is 5.16 Å². The Balaban J connectivity index is 2.46. The Bertz CT molecular complexity index is 590. The van der Waals surface area contributed by atoms with E-state index in [0.29, 0.717) is 5.56 Å². The maximum absolute atomic E-state index is 13.5. The number of carboxylic acid groups (broad SMARTS) is 1. The quantitative estimate of drug-likeness (QED) is 0.906. The number of halogens is 1. The van der Waals surface area contributed by atoms with Crippen molar-refractivity contribution < 1.29 is 18.8 Å². The highest BCUT2D eigenvalue weighted by molar-refractivity contribution is 5.86. The van der Waals surface area contributed by atoms with Crippen molar-refractivity contribution >= 4 is 5.97 Å². The smallest absolute Gasteiger partial charge is 0.358 e. The van der Waals surface area contributed by atoms with Gasteiger partial charge in [-0.15, -0.1) is 0 Å². The highest BCUT2D eigenvalue weighted by atomic mass is 19.1. The van der Waals surface area contributed by atoms with Gasteiger partial charge in [-0.25, -0.2) is 9.18 Å². The summed E-state index contributed by atoms with van der Waals surface area (Å²) in [7, 11) is 0. The first kappa shape index (κ1) is 12.3. The minimum absolute atomic E-state index is 0.168. The number of nitrogens with zero attached hydrogens (tertiary/aromatic N) is 1. The summed E-state index contributed by atoms with van der Waals surface area (Å²) in [6, 6.07) is 5.78. The van der Waals surface area contributed by atoms with Gasteiger partial charge in [-0.3, -0.25) is 0 Å². The van der Waals surface area contributed by atoms with Crippen LogP contribution in [0.4, 0.5) is 4.39 Å². The van der Waals surface area contributed by atoms with Crippen LogP contribution in [0.5, 0.6) is 0 Å². The minimum atomic E-state index is -1.18. The lowest BCUT2D eigenvalue weighted by molar-refractivity contribution is 0.0686. The molecule has 0 aliphatic rings. The standard InChI is InChI=1S/C13H12FNO3/c1-7(2)8-3-9(5-10(14)4-8)12-6-11(13(16)17)15-18-12/h3-7H,1-2H3,(H,16,17). The van der Waals surface area contributed by atoms with Crippen LogP contribution in [0.1, 0.15) is 35.8 Å². The van der Waals surface area contributed by atoms with Gasteiger partial charge in [0, 0.05) is 11.6 Å². The van der Waals surface area contributed by atoms with Crippen molar-refractivity contribution in [2.75, 3.05) is 0 Å². The Hall–Kier alpha value is -2.17. The van der Waals surface area contributed by atoms with Gasteiger partial charge in [-0.1, -0.05) is 19.0 Å². The molecule has 1 N–H and O–H groups in total. The number of carboxylic acids is 1. The van der Waals surface area contributed by atoms with Crippen LogP contribution in [0, 0.1) is 5.82 Å². The van der Waals surface area contributed by atoms with Crippen molar-refractivity contribution in [3.63, 3.8) is 0 Å². The Kier molecular flexibility index (Phi) is 3.14. The summed E-state index contributed by atoms with van der Waals surface area (Å²) >= 11 is 0. The van der Waals surface area contributed by atoms with E-state index in [2.05, 4.69) is 5.16 Å². The van der Waals surface area contributed by atoms with E-state index in [4.69, 9.17) is 9.63 Å². The average molecular weight is 249 g/mol. The van der Waals surface area contributed by atoms with Crippen LogP contribution in [0.15, 0.2) is 28.8 Å². The minimum Gasteiger partial charge on any atom is -0.476 e. The van der Waals surface area contributed by atoms with E-state index in [1.54, 1.807) is 6.07 Å². The maximum Gasteiger partial charge on any atom is 0.358 e. The molecule has 0 saturated heterocycles. The van der Waals surface area contributed by atoms with Crippen molar-refractivity contribution in [1.29, 1.82) is 0 Å². The largest absolute Gasteiger partial charge is 0.476 e. The normalized spacial score (nSPS) is 10.9. The lowest BCUT2D eigenvalue weighted by atomic mass is 9.99. The topological polar surface area (TPSA) is 63.3 Å². The van der Waals surface area contributed by atoms with Gasteiger partial charge in [0.15, 0.2) is 11.5 Å². The highest BCUT2D eigenvalue weighted by Crippen LogP contribution is 2.26. The monoisotopic (exact) mass is 249 g/mol. The summed E-state index contributed by atoms with van der Waals surface area (Å²) in [4.78, 5) is 10.7. The van der Waals surface area contributed by atoms with Gasteiger partial charge in [0.2, 0.25) is 0 Å². The SMILES string of the molecule is CC(C)c1cc(F)cc(-c2cc(C(=O)O)no2)c1. The third kappa shape index (κ3) is 2.40. The summed E-state index contributed by atoms with van der Waals surface area (Å²) in [6.45, 7) is 3.89. The van der Waals surface area contributed by atoms with E-state index in [9.17, 15) is 9.18 Å². The van der Waals surface area contributed by atoms with E-state index in [1.807, 2.05) is 13.8 Å². The summed E-state index contributed by atoms with van der Waals surface area (Å²) in [5.74, 6) is -1.15. The maximum atomic E-state index is 13.5. The number of hydrogen-bond acceptors (Lipinski definition) is 3. The molecule has 4 nitrogen and oxygen atoms in total. The summed E-state index contributed by atoms with van der Waals surface area (Å²) in [5, 5.41) is 12.1. The Morgan fingerprint density at radius 3 is 2.61 bits per heavy atom. The molecule has 18 heavy (non-hydrogen) atoms. The number of benzene rings is 1. The Labute approximate surface area is 103 Å². The molecule has 0 bridgehead atoms. The molecule has 2 aromatic rings. The lowest BCUT2D eigenvalue weighted by Crippen LogP contribution is -1.94. The predicted octanol–water partition coefficient (Wildman–Crippen LogP) is 3.30. The molecule has 2 rings (SSSR count). The molecule has 0 aliphatic heterocycles. The molecule has 0 amide bonds. The molecule has 1 aromatic carbocycles. The zero-order valence-electron chi connectivity index (χ0n) is 9.98. The highest BCUT2D eigenvalue weighted by Gasteiger charge is 2.14. The molecule has 5 heteroatoms. The molecule has 94 valence electrons. The van der Waals surface area contributed by atoms with Gasteiger partial charge in [0.25, 0.3) is 0 Å². The molecule has 0 saturated carbocycles. The first-order chi connectivity index (χ1) is 8.47. The van der Waals surface area contributed by atoms with Gasteiger partial charge in [0.05, 0.1) is 0 Å². The summed E-state index contributed by atoms with van der Waals surface area (Å²) in [5.41, 5.74) is 1.11. The lowest BCUT2D eigenvalue weighted by Gasteiger charge is -2.06. The zero-order chi connectivity index (χ0) is 13.3. The molecule has 1 heterocycles. The van der Waals surface area contributed by atoms with Gasteiger partial charge in [0.1, 0.15) is 5.82 Å². The van der Waals surface area contributed by atoms with E-state index < -0.39 is 5.97 Å². The van der Waals surface area contributed by atoms with Gasteiger partial charge < -0.3 is 9.63 Å². The fraction of sp³-hybridized carbons (Fsp3) is 0.231. The van der Waals surface area contributed by atoms with Crippen molar-refractivity contribution in [3.05, 3.63) is 41.3 Å². The fourth-order valence-electron chi connectivity index (χ4n) is 1.60. The van der Waals surface area contributed by atoms with Gasteiger partial charge in [-0.05, 0) is 29.7 Å². The zero-order valence-corrected chi connectivity index (χ0v) is 9.98. The number of aromatic carboxylic acids is 1. The van der Waals surface area contributed by atoms with Gasteiger partial charge in [-0.2, -0.15) is 0 Å². The third-order valence-electron chi connectivity index (χ3n) is 2.60. The second-order valence-electron chi connectivity index (χ2n) is 4.31. The molecule has 0 spiro atoms. The van der Waals surface area contributed by atoms with Crippen LogP contribution in [-0.4, -0.2) is 16.2 Å². The second-order valence-corrected chi connectivity index (χ2v) is 4.31. The van der Waals surface area contributed by atoms with Crippen LogP contribution in [-0.2, 0) is 0 Å². The molecular weight excluding hydrogens is 237 g/mol. The molecule has 0 radical (unpaired) electrons. The van der Waals surface area contributed by atoms with Crippen molar-refractivity contribution in [2.45, 2.75) is 19.8 Å². The molecule has 0 fully saturated rings. The Morgan fingerprint density at radius 2 is 2.06 bits per heavy atom. The van der Waals surface area contributed by atoms with E-state index in [0.717, 1.165) is 5.56 Å². The van der Waals surface area contributed by atoms with E-state index in [-0.39, 0.29) is 23.2 Å². The first-order valence-electron chi connectivity index (χ1n) is 5.48. The molecule has 1 aromatic heterocycles. The first-order valence-corrected chi connectivity index (χ1v) is 5.48. The van der Waals surface area contributed by atoms with Gasteiger partial charge >= 0.3 is 5.97 Å². The summed E-state index contributed by atoms with van der Waals surface area (Å²) in [6.07, 6.45) is 0. The van der Waals surface area contributed by atoms with E-state index in [1.165, 1.54) is 18.2 Å². The van der Waals surface area contributed by atoms with E-state index >= 15 is 0 Å². The van der Waals surface area contributed by atoms with Crippen LogP contribution in [0.25, 0.3) is 11.3 Å². The number of carbonyl (C=O) groups is 1.